The van der Waals surface area contributed by atoms with E-state index >= 15 is 0 Å². The maximum atomic E-state index is 13.0. The van der Waals surface area contributed by atoms with Gasteiger partial charge in [0.15, 0.2) is 11.6 Å². The molecule has 1 aliphatic rings. The Kier molecular flexibility index (Phi) is 3.91. The number of carbonyl (C=O) groups is 2. The molecule has 0 saturated heterocycles. The minimum atomic E-state index is -0.748. The Morgan fingerprint density at radius 2 is 1.70 bits per heavy atom. The lowest BCUT2D eigenvalue weighted by Gasteiger charge is -2.33. The van der Waals surface area contributed by atoms with E-state index in [1.807, 2.05) is 13.8 Å². The van der Waals surface area contributed by atoms with E-state index in [9.17, 15) is 9.59 Å². The molecule has 0 heterocycles. The minimum absolute atomic E-state index is 0.0176. The first kappa shape index (κ1) is 14.7. The number of ketones is 2. The molecule has 20 heavy (non-hydrogen) atoms. The molecule has 2 rings (SSSR count). The van der Waals surface area contributed by atoms with Crippen molar-refractivity contribution in [3.8, 4) is 0 Å². The molecule has 106 valence electrons. The standard InChI is InChI=1S/C17H20O3/c1-5-17(6-2)11(3)15(20-4)14(18)12-9-7-8-10-13(12)16(17)19/h7-10,15H,3,5-6H2,1-2,4H3. The Morgan fingerprint density at radius 3 is 2.20 bits per heavy atom. The van der Waals surface area contributed by atoms with Gasteiger partial charge in [-0.25, -0.2) is 0 Å². The summed E-state index contributed by atoms with van der Waals surface area (Å²) < 4.78 is 5.36. The molecule has 1 aromatic carbocycles. The highest BCUT2D eigenvalue weighted by Gasteiger charge is 2.47. The topological polar surface area (TPSA) is 43.4 Å². The summed E-state index contributed by atoms with van der Waals surface area (Å²) >= 11 is 0. The van der Waals surface area contributed by atoms with E-state index in [2.05, 4.69) is 6.58 Å². The van der Waals surface area contributed by atoms with E-state index < -0.39 is 11.5 Å². The van der Waals surface area contributed by atoms with Gasteiger partial charge >= 0.3 is 0 Å². The van der Waals surface area contributed by atoms with Crippen LogP contribution in [0, 0.1) is 5.41 Å². The van der Waals surface area contributed by atoms with Crippen molar-refractivity contribution in [3.63, 3.8) is 0 Å². The maximum Gasteiger partial charge on any atom is 0.196 e. The van der Waals surface area contributed by atoms with E-state index in [1.54, 1.807) is 24.3 Å². The highest BCUT2D eigenvalue weighted by Crippen LogP contribution is 2.43. The van der Waals surface area contributed by atoms with Crippen LogP contribution in [0.3, 0.4) is 0 Å². The van der Waals surface area contributed by atoms with E-state index in [0.717, 1.165) is 0 Å². The average molecular weight is 272 g/mol. The molecule has 1 atom stereocenters. The Bertz CT molecular complexity index is 567. The summed E-state index contributed by atoms with van der Waals surface area (Å²) in [5, 5.41) is 0. The molecular weight excluding hydrogens is 252 g/mol. The fourth-order valence-electron chi connectivity index (χ4n) is 3.12. The number of hydrogen-bond acceptors (Lipinski definition) is 3. The number of hydrogen-bond donors (Lipinski definition) is 0. The van der Waals surface area contributed by atoms with Crippen LogP contribution in [0.5, 0.6) is 0 Å². The van der Waals surface area contributed by atoms with Gasteiger partial charge < -0.3 is 4.74 Å². The van der Waals surface area contributed by atoms with Gasteiger partial charge in [0.25, 0.3) is 0 Å². The van der Waals surface area contributed by atoms with Gasteiger partial charge in [-0.1, -0.05) is 44.7 Å². The van der Waals surface area contributed by atoms with Crippen molar-refractivity contribution in [2.45, 2.75) is 32.8 Å². The SMILES string of the molecule is C=C1C(OC)C(=O)c2ccccc2C(=O)C1(CC)CC. The third-order valence-corrected chi connectivity index (χ3v) is 4.48. The van der Waals surface area contributed by atoms with Gasteiger partial charge in [0.2, 0.25) is 0 Å². The highest BCUT2D eigenvalue weighted by atomic mass is 16.5. The van der Waals surface area contributed by atoms with Crippen molar-refractivity contribution in [3.05, 3.63) is 47.5 Å². The molecule has 0 saturated carbocycles. The fourth-order valence-corrected chi connectivity index (χ4v) is 3.12. The lowest BCUT2D eigenvalue weighted by molar-refractivity contribution is 0.0616. The fraction of sp³-hybridized carbons (Fsp3) is 0.412. The van der Waals surface area contributed by atoms with Crippen molar-refractivity contribution >= 4 is 11.6 Å². The van der Waals surface area contributed by atoms with Crippen LogP contribution in [-0.2, 0) is 4.74 Å². The van der Waals surface area contributed by atoms with Gasteiger partial charge in [-0.05, 0) is 18.4 Å². The third-order valence-electron chi connectivity index (χ3n) is 4.48. The summed E-state index contributed by atoms with van der Waals surface area (Å²) in [6, 6.07) is 6.97. The molecule has 0 amide bonds. The Balaban J connectivity index is 2.75. The molecule has 1 unspecified atom stereocenters. The Labute approximate surface area is 119 Å². The van der Waals surface area contributed by atoms with Crippen LogP contribution in [0.15, 0.2) is 36.4 Å². The second-order valence-corrected chi connectivity index (χ2v) is 5.17. The smallest absolute Gasteiger partial charge is 0.196 e. The molecule has 3 heteroatoms. The van der Waals surface area contributed by atoms with E-state index in [4.69, 9.17) is 4.74 Å². The van der Waals surface area contributed by atoms with Crippen LogP contribution in [0.25, 0.3) is 0 Å². The van der Waals surface area contributed by atoms with Gasteiger partial charge in [-0.15, -0.1) is 0 Å². The monoisotopic (exact) mass is 272 g/mol. The number of carbonyl (C=O) groups excluding carboxylic acids is 2. The van der Waals surface area contributed by atoms with Gasteiger partial charge in [0.05, 0.1) is 5.41 Å². The predicted molar refractivity (Wildman–Crippen MR) is 78.1 cm³/mol. The number of ether oxygens (including phenoxy) is 1. The summed E-state index contributed by atoms with van der Waals surface area (Å²) in [5.41, 5.74) is 0.788. The third kappa shape index (κ3) is 1.85. The van der Waals surface area contributed by atoms with E-state index in [0.29, 0.717) is 29.5 Å². The van der Waals surface area contributed by atoms with Gasteiger partial charge in [0.1, 0.15) is 6.10 Å². The summed E-state index contributed by atoms with van der Waals surface area (Å²) in [6.45, 7) is 7.95. The van der Waals surface area contributed by atoms with Crippen LogP contribution in [0.1, 0.15) is 47.4 Å². The van der Waals surface area contributed by atoms with Crippen molar-refractivity contribution < 1.29 is 14.3 Å². The molecule has 0 N–H and O–H groups in total. The number of benzene rings is 1. The van der Waals surface area contributed by atoms with Crippen LogP contribution >= 0.6 is 0 Å². The molecule has 0 bridgehead atoms. The molecule has 0 spiro atoms. The maximum absolute atomic E-state index is 13.0. The van der Waals surface area contributed by atoms with Crippen LogP contribution < -0.4 is 0 Å². The summed E-state index contributed by atoms with van der Waals surface area (Å²) in [5.74, 6) is -0.193. The number of Topliss-reactive ketones (excluding diaryl/α,β-unsaturated/α-hetero) is 2. The van der Waals surface area contributed by atoms with Gasteiger partial charge in [-0.2, -0.15) is 0 Å². The first-order valence-electron chi connectivity index (χ1n) is 6.93. The van der Waals surface area contributed by atoms with Crippen molar-refractivity contribution in [2.75, 3.05) is 7.11 Å². The normalized spacial score (nSPS) is 21.6. The molecule has 0 fully saturated rings. The Morgan fingerprint density at radius 1 is 1.15 bits per heavy atom. The largest absolute Gasteiger partial charge is 0.369 e. The number of fused-ring (bicyclic) bond motifs is 1. The molecule has 0 radical (unpaired) electrons. The lowest BCUT2D eigenvalue weighted by atomic mass is 9.70. The first-order valence-corrected chi connectivity index (χ1v) is 6.93. The van der Waals surface area contributed by atoms with Crippen molar-refractivity contribution in [2.24, 2.45) is 5.41 Å². The minimum Gasteiger partial charge on any atom is -0.369 e. The first-order chi connectivity index (χ1) is 9.53. The van der Waals surface area contributed by atoms with Crippen molar-refractivity contribution in [1.29, 1.82) is 0 Å². The molecule has 0 aliphatic heterocycles. The van der Waals surface area contributed by atoms with E-state index in [1.165, 1.54) is 7.11 Å². The highest BCUT2D eigenvalue weighted by molar-refractivity contribution is 6.16. The van der Waals surface area contributed by atoms with Crippen LogP contribution in [0.2, 0.25) is 0 Å². The quantitative estimate of drug-likeness (QED) is 0.625. The number of rotatable bonds is 3. The molecule has 3 nitrogen and oxygen atoms in total. The average Bonchev–Trinajstić information content (AvgIpc) is 2.55. The molecule has 1 aromatic rings. The molecule has 1 aliphatic carbocycles. The number of methoxy groups -OCH3 is 1. The zero-order valence-electron chi connectivity index (χ0n) is 12.2. The summed E-state index contributed by atoms with van der Waals surface area (Å²) in [4.78, 5) is 25.6. The lowest BCUT2D eigenvalue weighted by Crippen LogP contribution is -2.37. The summed E-state index contributed by atoms with van der Waals surface area (Å²) in [6.07, 6.45) is 0.480. The molecular formula is C17H20O3. The molecule has 0 aromatic heterocycles. The Hall–Kier alpha value is -1.74. The predicted octanol–water partition coefficient (Wildman–Crippen LogP) is 3.44. The summed E-state index contributed by atoms with van der Waals surface area (Å²) in [7, 11) is 1.49. The van der Waals surface area contributed by atoms with Gasteiger partial charge in [-0.3, -0.25) is 9.59 Å². The van der Waals surface area contributed by atoms with Crippen LogP contribution in [0.4, 0.5) is 0 Å². The van der Waals surface area contributed by atoms with Crippen LogP contribution in [-0.4, -0.2) is 24.8 Å². The van der Waals surface area contributed by atoms with Gasteiger partial charge in [0, 0.05) is 18.2 Å². The second kappa shape index (κ2) is 5.33. The zero-order chi connectivity index (χ0) is 14.9. The van der Waals surface area contributed by atoms with E-state index in [-0.39, 0.29) is 11.6 Å². The zero-order valence-corrected chi connectivity index (χ0v) is 12.2. The van der Waals surface area contributed by atoms with Crippen molar-refractivity contribution in [1.82, 2.24) is 0 Å². The second-order valence-electron chi connectivity index (χ2n) is 5.17.